The van der Waals surface area contributed by atoms with Crippen LogP contribution >= 0.6 is 0 Å². The van der Waals surface area contributed by atoms with Crippen LogP contribution in [-0.4, -0.2) is 31.3 Å². The molecule has 7 nitrogen and oxygen atoms in total. The van der Waals surface area contributed by atoms with Crippen molar-refractivity contribution in [3.05, 3.63) is 59.9 Å². The minimum absolute atomic E-state index is 0.195. The maximum atomic E-state index is 6.47. The molecule has 0 spiro atoms. The molecular formula is C26H26N6O. The lowest BCUT2D eigenvalue weighted by atomic mass is 10.0. The summed E-state index contributed by atoms with van der Waals surface area (Å²) in [7, 11) is 0. The lowest BCUT2D eigenvalue weighted by Gasteiger charge is -2.16. The van der Waals surface area contributed by atoms with Gasteiger partial charge in [0.15, 0.2) is 0 Å². The van der Waals surface area contributed by atoms with Gasteiger partial charge >= 0.3 is 0 Å². The van der Waals surface area contributed by atoms with Gasteiger partial charge in [-0.25, -0.2) is 0 Å². The Morgan fingerprint density at radius 2 is 1.82 bits per heavy atom. The van der Waals surface area contributed by atoms with Gasteiger partial charge in [0.1, 0.15) is 11.8 Å². The van der Waals surface area contributed by atoms with Gasteiger partial charge in [0.05, 0.1) is 17.1 Å². The average molecular weight is 439 g/mol. The predicted octanol–water partition coefficient (Wildman–Crippen LogP) is 6.18. The summed E-state index contributed by atoms with van der Waals surface area (Å²) in [5.41, 5.74) is 7.21. The summed E-state index contributed by atoms with van der Waals surface area (Å²) < 4.78 is 6.47. The van der Waals surface area contributed by atoms with Crippen molar-refractivity contribution < 1.29 is 4.74 Å². The van der Waals surface area contributed by atoms with Crippen LogP contribution in [0.1, 0.15) is 36.8 Å². The highest BCUT2D eigenvalue weighted by Gasteiger charge is 2.22. The first-order chi connectivity index (χ1) is 16.2. The van der Waals surface area contributed by atoms with Crippen LogP contribution < -0.4 is 10.1 Å². The number of nitrogens with one attached hydrogen (secondary N) is 3. The van der Waals surface area contributed by atoms with E-state index < -0.39 is 0 Å². The minimum atomic E-state index is 0.195. The Balaban J connectivity index is 1.45. The summed E-state index contributed by atoms with van der Waals surface area (Å²) in [4.78, 5) is 13.0. The average Bonchev–Trinajstić information content (AvgIpc) is 3.57. The third-order valence-electron chi connectivity index (χ3n) is 6.58. The maximum absolute atomic E-state index is 6.47. The monoisotopic (exact) mass is 438 g/mol. The number of aromatic amines is 2. The molecule has 7 heteroatoms. The number of aromatic nitrogens is 5. The van der Waals surface area contributed by atoms with E-state index in [2.05, 4.69) is 58.6 Å². The summed E-state index contributed by atoms with van der Waals surface area (Å²) in [5.74, 6) is 1.15. The van der Waals surface area contributed by atoms with Gasteiger partial charge in [0.2, 0.25) is 11.8 Å². The molecule has 0 atom stereocenters. The Bertz CT molecular complexity index is 1440. The molecule has 3 N–H and O–H groups in total. The molecule has 3 aromatic heterocycles. The molecule has 5 aromatic rings. The van der Waals surface area contributed by atoms with Crippen molar-refractivity contribution in [2.75, 3.05) is 5.32 Å². The maximum Gasteiger partial charge on any atom is 0.232 e. The van der Waals surface area contributed by atoms with Gasteiger partial charge in [-0.2, -0.15) is 15.1 Å². The van der Waals surface area contributed by atoms with Gasteiger partial charge < -0.3 is 15.0 Å². The fourth-order valence-corrected chi connectivity index (χ4v) is 4.68. The fraction of sp³-hybridized carbons (Fsp3) is 0.269. The highest BCUT2D eigenvalue weighted by atomic mass is 16.5. The van der Waals surface area contributed by atoms with E-state index in [1.807, 2.05) is 24.5 Å². The summed E-state index contributed by atoms with van der Waals surface area (Å²) >= 11 is 0. The van der Waals surface area contributed by atoms with E-state index in [1.54, 1.807) is 0 Å². The van der Waals surface area contributed by atoms with Crippen molar-refractivity contribution >= 4 is 33.6 Å². The second-order valence-electron chi connectivity index (χ2n) is 8.86. The number of benzene rings is 2. The molecule has 33 heavy (non-hydrogen) atoms. The largest absolute Gasteiger partial charge is 0.474 e. The second-order valence-corrected chi connectivity index (χ2v) is 8.86. The van der Waals surface area contributed by atoms with Gasteiger partial charge in [-0.05, 0) is 62.8 Å². The molecule has 6 rings (SSSR count). The number of aryl methyl sites for hydroxylation is 2. The van der Waals surface area contributed by atoms with Crippen LogP contribution in [0.4, 0.5) is 11.6 Å². The van der Waals surface area contributed by atoms with Crippen molar-refractivity contribution in [2.45, 2.75) is 45.6 Å². The molecule has 0 saturated heterocycles. The van der Waals surface area contributed by atoms with Crippen molar-refractivity contribution in [3.63, 3.8) is 0 Å². The standard InChI is InChI=1S/C26H26N6O/c1-15-7-9-17(10-8-15)20-13-27-24-23(20)25(33-18-5-3-4-6-18)31-26(30-24)29-21-11-12-22-19(16(21)2)14-28-32-22/h7-14,18H,3-6H2,1-2H3,(H,28,32)(H2,27,29,30,31). The number of fused-ring (bicyclic) bond motifs is 2. The molecular weight excluding hydrogens is 412 g/mol. The lowest BCUT2D eigenvalue weighted by Crippen LogP contribution is -2.13. The van der Waals surface area contributed by atoms with E-state index >= 15 is 0 Å². The van der Waals surface area contributed by atoms with Crippen LogP contribution in [0, 0.1) is 13.8 Å². The van der Waals surface area contributed by atoms with Crippen LogP contribution in [0.25, 0.3) is 33.1 Å². The predicted molar refractivity (Wildman–Crippen MR) is 131 cm³/mol. The zero-order valence-corrected chi connectivity index (χ0v) is 18.8. The Morgan fingerprint density at radius 3 is 2.64 bits per heavy atom. The summed E-state index contributed by atoms with van der Waals surface area (Å²) in [6, 6.07) is 12.5. The van der Waals surface area contributed by atoms with E-state index in [4.69, 9.17) is 14.7 Å². The lowest BCUT2D eigenvalue weighted by molar-refractivity contribution is 0.204. The second kappa shape index (κ2) is 7.92. The van der Waals surface area contributed by atoms with Crippen LogP contribution in [0.15, 0.2) is 48.8 Å². The number of anilines is 2. The van der Waals surface area contributed by atoms with Crippen molar-refractivity contribution in [1.29, 1.82) is 0 Å². The Morgan fingerprint density at radius 1 is 1.00 bits per heavy atom. The molecule has 0 radical (unpaired) electrons. The number of nitrogens with zero attached hydrogens (tertiary/aromatic N) is 3. The zero-order valence-electron chi connectivity index (χ0n) is 18.8. The minimum Gasteiger partial charge on any atom is -0.474 e. The Kier molecular flexibility index (Phi) is 4.75. The summed E-state index contributed by atoms with van der Waals surface area (Å²) in [6.45, 7) is 4.16. The molecule has 1 aliphatic carbocycles. The van der Waals surface area contributed by atoms with Gasteiger partial charge in [0, 0.05) is 22.8 Å². The van der Waals surface area contributed by atoms with E-state index in [0.29, 0.717) is 11.8 Å². The molecule has 0 bridgehead atoms. The van der Waals surface area contributed by atoms with Crippen molar-refractivity contribution in [1.82, 2.24) is 25.1 Å². The molecule has 0 amide bonds. The molecule has 0 unspecified atom stereocenters. The SMILES string of the molecule is Cc1ccc(-c2c[nH]c3nc(Nc4ccc5[nH]ncc5c4C)nc(OC4CCCC4)c23)cc1. The normalized spacial score (nSPS) is 14.4. The van der Waals surface area contributed by atoms with Crippen LogP contribution in [0.3, 0.4) is 0 Å². The zero-order chi connectivity index (χ0) is 22.4. The summed E-state index contributed by atoms with van der Waals surface area (Å²) in [5, 5.41) is 12.6. The number of H-pyrrole nitrogens is 2. The molecule has 3 heterocycles. The number of rotatable bonds is 5. The molecule has 166 valence electrons. The van der Waals surface area contributed by atoms with E-state index in [0.717, 1.165) is 57.2 Å². The first-order valence-electron chi connectivity index (χ1n) is 11.5. The van der Waals surface area contributed by atoms with Crippen LogP contribution in [0.2, 0.25) is 0 Å². The van der Waals surface area contributed by atoms with Gasteiger partial charge in [0.25, 0.3) is 0 Å². The van der Waals surface area contributed by atoms with Crippen molar-refractivity contribution in [3.8, 4) is 17.0 Å². The van der Waals surface area contributed by atoms with E-state index in [-0.39, 0.29) is 6.10 Å². The van der Waals surface area contributed by atoms with Crippen molar-refractivity contribution in [2.24, 2.45) is 0 Å². The van der Waals surface area contributed by atoms with E-state index in [9.17, 15) is 0 Å². The van der Waals surface area contributed by atoms with Gasteiger partial charge in [-0.3, -0.25) is 5.10 Å². The van der Waals surface area contributed by atoms with Gasteiger partial charge in [-0.1, -0.05) is 29.8 Å². The molecule has 1 fully saturated rings. The third-order valence-corrected chi connectivity index (χ3v) is 6.58. The number of hydrogen-bond acceptors (Lipinski definition) is 5. The first kappa shape index (κ1) is 19.8. The highest BCUT2D eigenvalue weighted by molar-refractivity contribution is 5.98. The Labute approximate surface area is 191 Å². The quantitative estimate of drug-likeness (QED) is 0.305. The smallest absolute Gasteiger partial charge is 0.232 e. The molecule has 0 aliphatic heterocycles. The molecule has 1 saturated carbocycles. The summed E-state index contributed by atoms with van der Waals surface area (Å²) in [6.07, 6.45) is 8.56. The third kappa shape index (κ3) is 3.59. The van der Waals surface area contributed by atoms with Crippen LogP contribution in [0.5, 0.6) is 5.88 Å². The topological polar surface area (TPSA) is 91.5 Å². The van der Waals surface area contributed by atoms with E-state index in [1.165, 1.54) is 18.4 Å². The molecule has 2 aromatic carbocycles. The Hall–Kier alpha value is -3.87. The number of ether oxygens (including phenoxy) is 1. The van der Waals surface area contributed by atoms with Crippen LogP contribution in [-0.2, 0) is 0 Å². The van der Waals surface area contributed by atoms with Gasteiger partial charge in [-0.15, -0.1) is 0 Å². The highest BCUT2D eigenvalue weighted by Crippen LogP contribution is 2.37. The first-order valence-corrected chi connectivity index (χ1v) is 11.5. The molecule has 1 aliphatic rings. The number of hydrogen-bond donors (Lipinski definition) is 3. The fourth-order valence-electron chi connectivity index (χ4n) is 4.68.